The maximum absolute atomic E-state index is 13.2. The number of nitrogens with one attached hydrogen (secondary N) is 2. The summed E-state index contributed by atoms with van der Waals surface area (Å²) in [5.41, 5.74) is 4.42. The molecule has 7 heteroatoms. The zero-order chi connectivity index (χ0) is 26.5. The number of nitrogens with zero attached hydrogens (tertiary/aromatic N) is 2. The summed E-state index contributed by atoms with van der Waals surface area (Å²) in [5, 5.41) is 6.26. The lowest BCUT2D eigenvalue weighted by molar-refractivity contribution is -0.358. The lowest BCUT2D eigenvalue weighted by atomic mass is 9.89. The van der Waals surface area contributed by atoms with Crippen molar-refractivity contribution in [1.82, 2.24) is 5.32 Å². The number of amides is 2. The van der Waals surface area contributed by atoms with Crippen molar-refractivity contribution in [3.8, 4) is 0 Å². The van der Waals surface area contributed by atoms with Crippen molar-refractivity contribution in [1.29, 1.82) is 0 Å². The van der Waals surface area contributed by atoms with E-state index in [1.807, 2.05) is 36.4 Å². The van der Waals surface area contributed by atoms with Crippen LogP contribution in [0, 0.1) is 11.8 Å². The number of piperidine rings is 2. The zero-order valence-corrected chi connectivity index (χ0v) is 21.9. The molecule has 2 fully saturated rings. The van der Waals surface area contributed by atoms with Crippen molar-refractivity contribution < 1.29 is 14.3 Å². The highest BCUT2D eigenvalue weighted by Gasteiger charge is 2.30. The first-order chi connectivity index (χ1) is 18.5. The van der Waals surface area contributed by atoms with Crippen molar-refractivity contribution >= 4 is 28.9 Å². The maximum atomic E-state index is 13.2. The van der Waals surface area contributed by atoms with E-state index in [0.29, 0.717) is 33.1 Å². The highest BCUT2D eigenvalue weighted by atomic mass is 16.3. The molecule has 2 N–H and O–H groups in total. The largest absolute Gasteiger partial charge is 0.471 e. The second kappa shape index (κ2) is 11.7. The molecule has 2 aliphatic heterocycles. The van der Waals surface area contributed by atoms with E-state index in [0.717, 1.165) is 63.1 Å². The molecule has 38 heavy (non-hydrogen) atoms. The summed E-state index contributed by atoms with van der Waals surface area (Å²) in [6, 6.07) is 20.1. The summed E-state index contributed by atoms with van der Waals surface area (Å²) in [7, 11) is 0. The first-order valence-corrected chi connectivity index (χ1v) is 13.6. The minimum absolute atomic E-state index is 0.224. The molecular weight excluding hydrogens is 476 g/mol. The van der Waals surface area contributed by atoms with Crippen LogP contribution in [-0.4, -0.2) is 42.8 Å². The van der Waals surface area contributed by atoms with Gasteiger partial charge in [-0.25, -0.2) is 4.79 Å². The van der Waals surface area contributed by atoms with Crippen LogP contribution in [0.15, 0.2) is 66.7 Å². The van der Waals surface area contributed by atoms with Crippen LogP contribution >= 0.6 is 0 Å². The van der Waals surface area contributed by atoms with Gasteiger partial charge in [-0.05, 0) is 100.0 Å². The molecule has 3 aromatic rings. The lowest BCUT2D eigenvalue weighted by Crippen LogP contribution is -2.29. The van der Waals surface area contributed by atoms with E-state index in [2.05, 4.69) is 15.5 Å². The second-order valence-electron chi connectivity index (χ2n) is 10.3. The van der Waals surface area contributed by atoms with Crippen molar-refractivity contribution in [3.63, 3.8) is 0 Å². The molecule has 0 unspecified atom stereocenters. The van der Waals surface area contributed by atoms with Crippen LogP contribution in [0.4, 0.5) is 17.1 Å². The average molecular weight is 512 g/mol. The number of hydrogen-bond donors (Lipinski definition) is 2. The van der Waals surface area contributed by atoms with Gasteiger partial charge in [0.2, 0.25) is 0 Å². The molecule has 2 aliphatic rings. The normalized spacial score (nSPS) is 16.2. The molecule has 2 saturated heterocycles. The van der Waals surface area contributed by atoms with E-state index in [9.17, 15) is 14.5 Å². The number of benzene rings is 3. The Morgan fingerprint density at radius 3 is 2.42 bits per heavy atom. The Bertz CT molecular complexity index is 1340. The number of hydrogen-bond acceptors (Lipinski definition) is 5. The van der Waals surface area contributed by atoms with Gasteiger partial charge in [0.25, 0.3) is 11.6 Å². The van der Waals surface area contributed by atoms with Gasteiger partial charge in [-0.1, -0.05) is 24.3 Å². The van der Waals surface area contributed by atoms with E-state index < -0.39 is 5.91 Å². The van der Waals surface area contributed by atoms with Crippen LogP contribution in [-0.2, 0) is 0 Å². The summed E-state index contributed by atoms with van der Waals surface area (Å²) in [6.07, 6.45) is 5.60. The molecule has 2 heterocycles. The summed E-state index contributed by atoms with van der Waals surface area (Å²) in [6.45, 7) is 5.70. The first-order valence-electron chi connectivity index (χ1n) is 13.6. The van der Waals surface area contributed by atoms with Gasteiger partial charge in [-0.15, -0.1) is 0 Å². The Morgan fingerprint density at radius 2 is 1.63 bits per heavy atom. The molecule has 0 radical (unpaired) electrons. The number of carbonyl (C=O) groups excluding carboxylic acids is 2. The molecule has 0 aromatic heterocycles. The van der Waals surface area contributed by atoms with Gasteiger partial charge >= 0.3 is 5.91 Å². The Labute approximate surface area is 223 Å². The molecule has 2 amide bonds. The minimum atomic E-state index is -0.610. The molecule has 0 bridgehead atoms. The van der Waals surface area contributed by atoms with Gasteiger partial charge in [0.15, 0.2) is 0 Å². The number of carbonyl (C=O) groups is 2. The predicted octanol–water partition coefficient (Wildman–Crippen LogP) is 5.96. The predicted molar refractivity (Wildman–Crippen MR) is 151 cm³/mol. The summed E-state index contributed by atoms with van der Waals surface area (Å²) in [5.74, 6) is -0.475. The Balaban J connectivity index is 1.31. The number of aryl methyl sites for hydroxylation is 1. The molecule has 3 aromatic carbocycles. The quantitative estimate of drug-likeness (QED) is 0.400. The van der Waals surface area contributed by atoms with Crippen LogP contribution in [0.2, 0.25) is 0 Å². The Morgan fingerprint density at radius 1 is 0.895 bits per heavy atom. The van der Waals surface area contributed by atoms with Crippen LogP contribution in [0.5, 0.6) is 0 Å². The van der Waals surface area contributed by atoms with Gasteiger partial charge in [0.05, 0.1) is 5.56 Å². The van der Waals surface area contributed by atoms with E-state index in [1.165, 1.54) is 6.42 Å². The Kier molecular flexibility index (Phi) is 7.94. The van der Waals surface area contributed by atoms with E-state index in [1.54, 1.807) is 37.3 Å². The van der Waals surface area contributed by atoms with Crippen LogP contribution in [0.1, 0.15) is 69.9 Å². The fourth-order valence-electron chi connectivity index (χ4n) is 5.41. The van der Waals surface area contributed by atoms with E-state index in [4.69, 9.17) is 0 Å². The van der Waals surface area contributed by atoms with Gasteiger partial charge in [0.1, 0.15) is 4.76 Å². The topological polar surface area (TPSA) is 81.5 Å². The Hall–Kier alpha value is -3.84. The molecule has 0 saturated carbocycles. The minimum Gasteiger partial charge on any atom is -0.372 e. The third-order valence-electron chi connectivity index (χ3n) is 7.64. The molecule has 5 rings (SSSR count). The van der Waals surface area contributed by atoms with Crippen molar-refractivity contribution in [2.45, 2.75) is 44.9 Å². The third-order valence-corrected chi connectivity index (χ3v) is 7.64. The van der Waals surface area contributed by atoms with Crippen molar-refractivity contribution in [2.75, 3.05) is 36.4 Å². The molecule has 7 nitrogen and oxygen atoms in total. The van der Waals surface area contributed by atoms with Crippen molar-refractivity contribution in [2.24, 2.45) is 0 Å². The van der Waals surface area contributed by atoms with E-state index >= 15 is 0 Å². The first kappa shape index (κ1) is 25.8. The number of rotatable bonds is 6. The summed E-state index contributed by atoms with van der Waals surface area (Å²) >= 11 is 0. The lowest BCUT2D eigenvalue weighted by Gasteiger charge is -2.29. The monoisotopic (exact) mass is 511 g/mol. The van der Waals surface area contributed by atoms with Crippen molar-refractivity contribution in [3.05, 3.63) is 93.9 Å². The van der Waals surface area contributed by atoms with Crippen LogP contribution in [0.25, 0.3) is 0 Å². The summed E-state index contributed by atoms with van der Waals surface area (Å²) < 4.78 is 0.434. The zero-order valence-electron chi connectivity index (χ0n) is 21.9. The van der Waals surface area contributed by atoms with Gasteiger partial charge in [-0.3, -0.25) is 4.79 Å². The van der Waals surface area contributed by atoms with E-state index in [-0.39, 0.29) is 11.6 Å². The van der Waals surface area contributed by atoms with Gasteiger partial charge < -0.3 is 15.5 Å². The third kappa shape index (κ3) is 5.83. The molecule has 0 aliphatic carbocycles. The molecular formula is C31H35N4O3+. The smallest absolute Gasteiger partial charge is 0.372 e. The second-order valence-corrected chi connectivity index (χ2v) is 10.3. The van der Waals surface area contributed by atoms with Gasteiger partial charge in [-0.2, -0.15) is 0 Å². The molecule has 0 spiro atoms. The number of nitroso groups, excluding NO2 is 1. The standard InChI is InChI=1S/C31H34N4O3/c1-22-11-12-27(33-30(36)25-8-6-10-28(20-25)34-17-3-2-4-18-34)21-29(22)35(38)31(37)26-9-5-7-24(19-26)23-13-15-32-16-14-23/h5-12,19-21,23,32H,2-4,13-18H2,1H3/p+1. The molecule has 0 atom stereocenters. The number of anilines is 2. The summed E-state index contributed by atoms with van der Waals surface area (Å²) in [4.78, 5) is 41.8. The highest BCUT2D eigenvalue weighted by Crippen LogP contribution is 2.28. The van der Waals surface area contributed by atoms with Gasteiger partial charge in [0, 0.05) is 46.6 Å². The fraction of sp³-hybridized carbons (Fsp3) is 0.355. The average Bonchev–Trinajstić information content (AvgIpc) is 2.98. The van der Waals surface area contributed by atoms with Crippen LogP contribution < -0.4 is 15.5 Å². The SMILES string of the molecule is Cc1ccc(NC(=O)c2cccc(N3CCCCC3)c2)cc1[N+](=O)C(=O)c1cccc(C2CCNCC2)c1. The molecule has 196 valence electrons. The fourth-order valence-corrected chi connectivity index (χ4v) is 5.41. The highest BCUT2D eigenvalue weighted by molar-refractivity contribution is 6.05. The van der Waals surface area contributed by atoms with Crippen LogP contribution in [0.3, 0.4) is 0 Å². The maximum Gasteiger partial charge on any atom is 0.471 e.